The Balaban J connectivity index is 1.74. The minimum Gasteiger partial charge on any atom is -0.493 e. The molecule has 0 unspecified atom stereocenters. The molecule has 2 aromatic rings. The van der Waals surface area contributed by atoms with E-state index in [1.807, 2.05) is 0 Å². The van der Waals surface area contributed by atoms with Gasteiger partial charge in [-0.3, -0.25) is 9.59 Å². The number of rotatable bonds is 6. The van der Waals surface area contributed by atoms with Gasteiger partial charge in [0.2, 0.25) is 15.9 Å². The van der Waals surface area contributed by atoms with E-state index in [4.69, 9.17) is 9.47 Å². The summed E-state index contributed by atoms with van der Waals surface area (Å²) >= 11 is 0. The summed E-state index contributed by atoms with van der Waals surface area (Å²) in [5.74, 6) is 0.0287. The highest BCUT2D eigenvalue weighted by Crippen LogP contribution is 2.28. The van der Waals surface area contributed by atoms with Crippen LogP contribution in [0.4, 0.5) is 5.69 Å². The van der Waals surface area contributed by atoms with E-state index >= 15 is 0 Å². The van der Waals surface area contributed by atoms with Crippen LogP contribution in [0, 0.1) is 0 Å². The molecule has 1 aliphatic heterocycles. The van der Waals surface area contributed by atoms with Crippen LogP contribution < -0.4 is 19.1 Å². The standard InChI is InChI=1S/C19H20N2O6S/c1-26-16-7-6-13(10-17(16)27-2)12-20-19(23)14-4-3-5-15(11-14)21-18(22)8-9-28(21,24)25/h3-7,10-11H,8-9,12H2,1-2H3,(H,20,23). The molecule has 1 saturated heterocycles. The fourth-order valence-electron chi connectivity index (χ4n) is 2.92. The van der Waals surface area contributed by atoms with Crippen LogP contribution in [0.1, 0.15) is 22.3 Å². The number of amides is 2. The molecule has 1 N–H and O–H groups in total. The Hall–Kier alpha value is -3.07. The Kier molecular flexibility index (Phi) is 5.55. The number of hydrogen-bond donors (Lipinski definition) is 1. The van der Waals surface area contributed by atoms with Gasteiger partial charge in [0.25, 0.3) is 5.91 Å². The first-order chi connectivity index (χ1) is 13.4. The molecular weight excluding hydrogens is 384 g/mol. The van der Waals surface area contributed by atoms with Crippen LogP contribution in [-0.4, -0.2) is 40.2 Å². The molecule has 2 aromatic carbocycles. The first kappa shape index (κ1) is 19.7. The molecule has 0 saturated carbocycles. The van der Waals surface area contributed by atoms with E-state index in [0.29, 0.717) is 11.5 Å². The Labute approximate surface area is 163 Å². The van der Waals surface area contributed by atoms with Crippen molar-refractivity contribution in [2.24, 2.45) is 0 Å². The van der Waals surface area contributed by atoms with Gasteiger partial charge in [0.15, 0.2) is 11.5 Å². The molecule has 0 spiro atoms. The third kappa shape index (κ3) is 3.94. The normalized spacial score (nSPS) is 15.4. The van der Waals surface area contributed by atoms with E-state index in [1.165, 1.54) is 26.4 Å². The van der Waals surface area contributed by atoms with Crippen LogP contribution in [0.5, 0.6) is 11.5 Å². The molecule has 0 radical (unpaired) electrons. The van der Waals surface area contributed by atoms with Crippen LogP contribution in [0.25, 0.3) is 0 Å². The van der Waals surface area contributed by atoms with E-state index in [9.17, 15) is 18.0 Å². The molecular formula is C19H20N2O6S. The lowest BCUT2D eigenvalue weighted by molar-refractivity contribution is -0.116. The average Bonchev–Trinajstić information content (AvgIpc) is 2.98. The Morgan fingerprint density at radius 2 is 1.86 bits per heavy atom. The summed E-state index contributed by atoms with van der Waals surface area (Å²) in [4.78, 5) is 24.4. The number of methoxy groups -OCH3 is 2. The molecule has 0 aliphatic carbocycles. The molecule has 1 fully saturated rings. The van der Waals surface area contributed by atoms with Crippen molar-refractivity contribution < 1.29 is 27.5 Å². The van der Waals surface area contributed by atoms with Crippen LogP contribution in [-0.2, 0) is 21.4 Å². The summed E-state index contributed by atoms with van der Waals surface area (Å²) < 4.78 is 35.3. The first-order valence-electron chi connectivity index (χ1n) is 8.50. The van der Waals surface area contributed by atoms with Gasteiger partial charge in [-0.2, -0.15) is 0 Å². The summed E-state index contributed by atoms with van der Waals surface area (Å²) in [6, 6.07) is 11.3. The third-order valence-electron chi connectivity index (χ3n) is 4.32. The van der Waals surface area contributed by atoms with Crippen molar-refractivity contribution in [2.45, 2.75) is 13.0 Å². The summed E-state index contributed by atoms with van der Waals surface area (Å²) in [6.07, 6.45) is -0.0575. The van der Waals surface area contributed by atoms with Crippen LogP contribution >= 0.6 is 0 Å². The van der Waals surface area contributed by atoms with Crippen molar-refractivity contribution in [2.75, 3.05) is 24.3 Å². The number of ether oxygens (including phenoxy) is 2. The number of nitrogens with zero attached hydrogens (tertiary/aromatic N) is 1. The maximum atomic E-state index is 12.5. The van der Waals surface area contributed by atoms with Crippen LogP contribution in [0.15, 0.2) is 42.5 Å². The van der Waals surface area contributed by atoms with Gasteiger partial charge < -0.3 is 14.8 Å². The molecule has 0 atom stereocenters. The minimum absolute atomic E-state index is 0.0575. The molecule has 3 rings (SSSR count). The maximum absolute atomic E-state index is 12.5. The SMILES string of the molecule is COc1ccc(CNC(=O)c2cccc(N3C(=O)CCS3(=O)=O)c2)cc1OC. The number of nitrogens with one attached hydrogen (secondary N) is 1. The van der Waals surface area contributed by atoms with E-state index in [1.54, 1.807) is 30.3 Å². The minimum atomic E-state index is -3.68. The number of benzene rings is 2. The van der Waals surface area contributed by atoms with Crippen molar-refractivity contribution >= 4 is 27.5 Å². The Morgan fingerprint density at radius 3 is 2.50 bits per heavy atom. The summed E-state index contributed by atoms with van der Waals surface area (Å²) in [6.45, 7) is 0.240. The molecule has 0 aromatic heterocycles. The fraction of sp³-hybridized carbons (Fsp3) is 0.263. The second-order valence-electron chi connectivity index (χ2n) is 6.15. The Bertz CT molecular complexity index is 1020. The van der Waals surface area contributed by atoms with Gasteiger partial charge in [-0.25, -0.2) is 12.7 Å². The van der Waals surface area contributed by atoms with Gasteiger partial charge in [-0.05, 0) is 35.9 Å². The zero-order valence-electron chi connectivity index (χ0n) is 15.5. The molecule has 2 amide bonds. The molecule has 1 heterocycles. The number of carbonyl (C=O) groups excluding carboxylic acids is 2. The molecule has 1 aliphatic rings. The summed E-state index contributed by atoms with van der Waals surface area (Å²) in [5.41, 5.74) is 1.23. The second kappa shape index (κ2) is 7.89. The molecule has 28 heavy (non-hydrogen) atoms. The highest BCUT2D eigenvalue weighted by atomic mass is 32.2. The summed E-state index contributed by atoms with van der Waals surface area (Å²) in [7, 11) is -0.609. The van der Waals surface area contributed by atoms with E-state index < -0.39 is 15.9 Å². The van der Waals surface area contributed by atoms with Crippen molar-refractivity contribution in [3.05, 3.63) is 53.6 Å². The molecule has 8 nitrogen and oxygen atoms in total. The smallest absolute Gasteiger partial charge is 0.251 e. The molecule has 0 bridgehead atoms. The van der Waals surface area contributed by atoms with Gasteiger partial charge in [-0.1, -0.05) is 12.1 Å². The van der Waals surface area contributed by atoms with Gasteiger partial charge in [0.1, 0.15) is 0 Å². The third-order valence-corrected chi connectivity index (χ3v) is 6.01. The van der Waals surface area contributed by atoms with Gasteiger partial charge in [0, 0.05) is 18.5 Å². The first-order valence-corrected chi connectivity index (χ1v) is 10.1. The number of sulfonamides is 1. The van der Waals surface area contributed by atoms with E-state index in [2.05, 4.69) is 5.32 Å². The van der Waals surface area contributed by atoms with Crippen molar-refractivity contribution in [3.63, 3.8) is 0 Å². The van der Waals surface area contributed by atoms with E-state index in [-0.39, 0.29) is 35.9 Å². The van der Waals surface area contributed by atoms with Gasteiger partial charge in [0.05, 0.1) is 25.7 Å². The lowest BCUT2D eigenvalue weighted by Gasteiger charge is -2.16. The predicted octanol–water partition coefficient (Wildman–Crippen LogP) is 1.70. The van der Waals surface area contributed by atoms with Crippen LogP contribution in [0.2, 0.25) is 0 Å². The lowest BCUT2D eigenvalue weighted by atomic mass is 10.1. The van der Waals surface area contributed by atoms with Gasteiger partial charge in [-0.15, -0.1) is 0 Å². The maximum Gasteiger partial charge on any atom is 0.251 e. The topological polar surface area (TPSA) is 102 Å². The fourth-order valence-corrected chi connectivity index (χ4v) is 4.37. The number of carbonyl (C=O) groups is 2. The quantitative estimate of drug-likeness (QED) is 0.786. The number of hydrogen-bond acceptors (Lipinski definition) is 6. The largest absolute Gasteiger partial charge is 0.493 e. The highest BCUT2D eigenvalue weighted by Gasteiger charge is 2.36. The lowest BCUT2D eigenvalue weighted by Crippen LogP contribution is -2.30. The predicted molar refractivity (Wildman–Crippen MR) is 103 cm³/mol. The van der Waals surface area contributed by atoms with Crippen LogP contribution in [0.3, 0.4) is 0 Å². The van der Waals surface area contributed by atoms with Crippen molar-refractivity contribution in [3.8, 4) is 11.5 Å². The monoisotopic (exact) mass is 404 g/mol. The molecule has 9 heteroatoms. The Morgan fingerprint density at radius 1 is 1.11 bits per heavy atom. The average molecular weight is 404 g/mol. The molecule has 148 valence electrons. The van der Waals surface area contributed by atoms with Crippen molar-refractivity contribution in [1.82, 2.24) is 5.32 Å². The zero-order chi connectivity index (χ0) is 20.3. The van der Waals surface area contributed by atoms with Gasteiger partial charge >= 0.3 is 0 Å². The summed E-state index contributed by atoms with van der Waals surface area (Å²) in [5, 5.41) is 2.77. The zero-order valence-corrected chi connectivity index (χ0v) is 16.3. The van der Waals surface area contributed by atoms with Crippen molar-refractivity contribution in [1.29, 1.82) is 0 Å². The van der Waals surface area contributed by atoms with E-state index in [0.717, 1.165) is 9.87 Å². The second-order valence-corrected chi connectivity index (χ2v) is 8.08. The number of anilines is 1. The highest BCUT2D eigenvalue weighted by molar-refractivity contribution is 7.94.